The summed E-state index contributed by atoms with van der Waals surface area (Å²) in [6.45, 7) is 1.40. The van der Waals surface area contributed by atoms with Crippen molar-refractivity contribution < 1.29 is 43.9 Å². The Balaban J connectivity index is 2.49. The summed E-state index contributed by atoms with van der Waals surface area (Å²) in [5, 5.41) is 30.5. The number of aliphatic hydroxyl groups is 2. The molecule has 0 bridgehead atoms. The molecule has 0 amide bonds. The lowest BCUT2D eigenvalue weighted by molar-refractivity contribution is -0.127. The van der Waals surface area contributed by atoms with Gasteiger partial charge in [0.2, 0.25) is 0 Å². The Morgan fingerprint density at radius 3 is 2.57 bits per heavy atom. The predicted molar refractivity (Wildman–Crippen MR) is 106 cm³/mol. The predicted octanol–water partition coefficient (Wildman–Crippen LogP) is 1.20. The number of methoxy groups -OCH3 is 2. The van der Waals surface area contributed by atoms with Gasteiger partial charge in [0.1, 0.15) is 42.2 Å². The zero-order valence-electron chi connectivity index (χ0n) is 17.0. The largest absolute Gasteiger partial charge is 0.507 e. The van der Waals surface area contributed by atoms with Crippen LogP contribution in [0, 0.1) is 0 Å². The summed E-state index contributed by atoms with van der Waals surface area (Å²) >= 11 is 0. The third kappa shape index (κ3) is 5.90. The van der Waals surface area contributed by atoms with Crippen LogP contribution in [-0.4, -0.2) is 72.5 Å². The number of fused-ring (bicyclic) bond motifs is 1. The minimum atomic E-state index is -1.65. The number of ketones is 1. The molecule has 0 aromatic heterocycles. The van der Waals surface area contributed by atoms with E-state index >= 15 is 0 Å². The molecule has 164 valence electrons. The number of ether oxygens (including phenoxy) is 4. The van der Waals surface area contributed by atoms with E-state index in [0.29, 0.717) is 5.75 Å². The molecule has 0 radical (unpaired) electrons. The number of aromatic hydroxyl groups is 1. The number of carbonyl (C=O) groups is 2. The zero-order valence-corrected chi connectivity index (χ0v) is 17.0. The van der Waals surface area contributed by atoms with Gasteiger partial charge in [-0.05, 0) is 37.1 Å². The molecule has 1 aliphatic rings. The first-order valence-corrected chi connectivity index (χ1v) is 9.25. The second-order valence-electron chi connectivity index (χ2n) is 6.67. The second-order valence-corrected chi connectivity index (χ2v) is 6.67. The van der Waals surface area contributed by atoms with Crippen molar-refractivity contribution in [1.29, 1.82) is 0 Å². The van der Waals surface area contributed by atoms with Crippen molar-refractivity contribution in [1.82, 2.24) is 0 Å². The van der Waals surface area contributed by atoms with Crippen LogP contribution < -0.4 is 4.74 Å². The van der Waals surface area contributed by atoms with Gasteiger partial charge in [-0.25, -0.2) is 4.79 Å². The average molecular weight is 422 g/mol. The van der Waals surface area contributed by atoms with Crippen LogP contribution in [0.2, 0.25) is 0 Å². The smallest absolute Gasteiger partial charge is 0.342 e. The summed E-state index contributed by atoms with van der Waals surface area (Å²) in [5.41, 5.74) is 0.176. The summed E-state index contributed by atoms with van der Waals surface area (Å²) in [6.07, 6.45) is 0.451. The molecule has 4 atom stereocenters. The molecule has 1 aromatic carbocycles. The molecule has 0 saturated carbocycles. The van der Waals surface area contributed by atoms with Crippen molar-refractivity contribution in [2.24, 2.45) is 0 Å². The topological polar surface area (TPSA) is 132 Å². The quantitative estimate of drug-likeness (QED) is 0.484. The van der Waals surface area contributed by atoms with Crippen molar-refractivity contribution in [3.05, 3.63) is 41.5 Å². The summed E-state index contributed by atoms with van der Waals surface area (Å²) in [6, 6.07) is 2.79. The van der Waals surface area contributed by atoms with E-state index in [1.54, 1.807) is 6.92 Å². The van der Waals surface area contributed by atoms with Crippen LogP contribution in [0.4, 0.5) is 0 Å². The van der Waals surface area contributed by atoms with Crippen molar-refractivity contribution in [3.8, 4) is 11.5 Å². The van der Waals surface area contributed by atoms with Crippen LogP contribution in [0.3, 0.4) is 0 Å². The van der Waals surface area contributed by atoms with Crippen LogP contribution in [0.25, 0.3) is 6.08 Å². The molecule has 0 unspecified atom stereocenters. The zero-order chi connectivity index (χ0) is 22.3. The highest BCUT2D eigenvalue weighted by atomic mass is 16.7. The maximum atomic E-state index is 12.8. The minimum Gasteiger partial charge on any atom is -0.507 e. The van der Waals surface area contributed by atoms with Crippen molar-refractivity contribution >= 4 is 17.8 Å². The second kappa shape index (κ2) is 10.9. The van der Waals surface area contributed by atoms with E-state index in [1.165, 1.54) is 44.6 Å². The Labute approximate surface area is 174 Å². The van der Waals surface area contributed by atoms with E-state index in [0.717, 1.165) is 6.08 Å². The fraction of sp³-hybridized carbons (Fsp3) is 0.429. The number of phenolic OH excluding ortho intramolecular Hbond substituents is 1. The average Bonchev–Trinajstić information content (AvgIpc) is 2.71. The van der Waals surface area contributed by atoms with Gasteiger partial charge in [-0.3, -0.25) is 4.79 Å². The van der Waals surface area contributed by atoms with Crippen molar-refractivity contribution in [3.63, 3.8) is 0 Å². The third-order valence-corrected chi connectivity index (χ3v) is 4.48. The standard InChI is InChI=1S/C21H26O9/c1-12-18(29-11-27-2)8-7-16(23)20(25)15(22)6-4-5-13-9-14(28-3)10-17(24)19(13)21(26)30-12/h4-5,7-10,12,15,18,20,22,24-25H,6,11H2,1-3H3/b5-4+,8-7-/t12-,15-,18-,20-/m0/s1. The Morgan fingerprint density at radius 1 is 1.17 bits per heavy atom. The summed E-state index contributed by atoms with van der Waals surface area (Å²) in [7, 11) is 2.81. The van der Waals surface area contributed by atoms with Crippen LogP contribution in [0.1, 0.15) is 29.3 Å². The lowest BCUT2D eigenvalue weighted by atomic mass is 10.0. The molecular weight excluding hydrogens is 396 g/mol. The van der Waals surface area contributed by atoms with E-state index in [9.17, 15) is 24.9 Å². The lowest BCUT2D eigenvalue weighted by Crippen LogP contribution is -2.34. The Bertz CT molecular complexity index is 815. The van der Waals surface area contributed by atoms with E-state index in [1.807, 2.05) is 0 Å². The van der Waals surface area contributed by atoms with E-state index in [4.69, 9.17) is 18.9 Å². The number of hydrogen-bond acceptors (Lipinski definition) is 9. The van der Waals surface area contributed by atoms with Gasteiger partial charge >= 0.3 is 5.97 Å². The van der Waals surface area contributed by atoms with Gasteiger partial charge in [-0.2, -0.15) is 0 Å². The first-order valence-electron chi connectivity index (χ1n) is 9.25. The number of benzene rings is 1. The van der Waals surface area contributed by atoms with Crippen LogP contribution in [0.15, 0.2) is 30.4 Å². The number of carbonyl (C=O) groups excluding carboxylic acids is 2. The number of cyclic esters (lactones) is 1. The fourth-order valence-corrected chi connectivity index (χ4v) is 2.82. The van der Waals surface area contributed by atoms with E-state index in [-0.39, 0.29) is 30.1 Å². The fourth-order valence-electron chi connectivity index (χ4n) is 2.82. The van der Waals surface area contributed by atoms with Gasteiger partial charge in [0.25, 0.3) is 0 Å². The van der Waals surface area contributed by atoms with Gasteiger partial charge in [0.15, 0.2) is 5.78 Å². The molecular formula is C21H26O9. The molecule has 30 heavy (non-hydrogen) atoms. The molecule has 1 heterocycles. The van der Waals surface area contributed by atoms with Gasteiger partial charge in [0, 0.05) is 13.2 Å². The van der Waals surface area contributed by atoms with E-state index < -0.39 is 36.2 Å². The van der Waals surface area contributed by atoms with Crippen LogP contribution in [0.5, 0.6) is 11.5 Å². The van der Waals surface area contributed by atoms with Gasteiger partial charge in [-0.15, -0.1) is 0 Å². The van der Waals surface area contributed by atoms with Crippen LogP contribution >= 0.6 is 0 Å². The number of rotatable bonds is 4. The Kier molecular flexibility index (Phi) is 8.55. The molecule has 0 aliphatic carbocycles. The monoisotopic (exact) mass is 422 g/mol. The van der Waals surface area contributed by atoms with Crippen LogP contribution in [-0.2, 0) is 19.0 Å². The number of esters is 1. The summed E-state index contributed by atoms with van der Waals surface area (Å²) in [4.78, 5) is 24.9. The molecule has 3 N–H and O–H groups in total. The maximum absolute atomic E-state index is 12.8. The third-order valence-electron chi connectivity index (χ3n) is 4.48. The molecule has 2 rings (SSSR count). The first-order chi connectivity index (χ1) is 14.3. The van der Waals surface area contributed by atoms with Gasteiger partial charge in [0.05, 0.1) is 13.2 Å². The van der Waals surface area contributed by atoms with Crippen molar-refractivity contribution in [2.75, 3.05) is 21.0 Å². The first kappa shape index (κ1) is 23.6. The minimum absolute atomic E-state index is 0.0762. The SMILES string of the molecule is COCO[C@H]1/C=C\C(=O)[C@@H](O)[C@@H](O)C/C=C/c2cc(OC)cc(O)c2C(=O)O[C@H]1C. The number of phenols is 1. The molecule has 0 fully saturated rings. The molecule has 1 aromatic rings. The van der Waals surface area contributed by atoms with E-state index in [2.05, 4.69) is 0 Å². The molecule has 0 saturated heterocycles. The van der Waals surface area contributed by atoms with Gasteiger partial charge in [-0.1, -0.05) is 12.2 Å². The maximum Gasteiger partial charge on any atom is 0.342 e. The number of aliphatic hydroxyl groups excluding tert-OH is 2. The highest BCUT2D eigenvalue weighted by Crippen LogP contribution is 2.30. The molecule has 0 spiro atoms. The number of hydrogen-bond donors (Lipinski definition) is 3. The van der Waals surface area contributed by atoms with Gasteiger partial charge < -0.3 is 34.3 Å². The molecule has 1 aliphatic heterocycles. The summed E-state index contributed by atoms with van der Waals surface area (Å²) in [5.74, 6) is -1.58. The highest BCUT2D eigenvalue weighted by molar-refractivity contribution is 5.97. The Morgan fingerprint density at radius 2 is 1.90 bits per heavy atom. The molecule has 9 nitrogen and oxygen atoms in total. The highest BCUT2D eigenvalue weighted by Gasteiger charge is 2.27. The lowest BCUT2D eigenvalue weighted by Gasteiger charge is -2.23. The molecule has 9 heteroatoms. The normalized spacial score (nSPS) is 27.5. The Hall–Kier alpha value is -2.72. The summed E-state index contributed by atoms with van der Waals surface area (Å²) < 4.78 is 20.9. The van der Waals surface area contributed by atoms with Crippen molar-refractivity contribution in [2.45, 2.75) is 37.8 Å².